The van der Waals surface area contributed by atoms with E-state index in [-0.39, 0.29) is 18.2 Å². The molecule has 2 heterocycles. The van der Waals surface area contributed by atoms with Gasteiger partial charge in [-0.15, -0.1) is 5.10 Å². The van der Waals surface area contributed by atoms with Crippen LogP contribution in [0.3, 0.4) is 0 Å². The van der Waals surface area contributed by atoms with Gasteiger partial charge in [-0.1, -0.05) is 48.9 Å². The molecule has 0 saturated carbocycles. The van der Waals surface area contributed by atoms with E-state index in [1.807, 2.05) is 30.3 Å². The number of anilines is 1. The second kappa shape index (κ2) is 8.81. The predicted octanol–water partition coefficient (Wildman–Crippen LogP) is 4.09. The minimum atomic E-state index is -4.56. The van der Waals surface area contributed by atoms with Crippen LogP contribution in [0.4, 0.5) is 19.1 Å². The third-order valence-corrected chi connectivity index (χ3v) is 4.06. The first-order chi connectivity index (χ1) is 13.4. The van der Waals surface area contributed by atoms with Crippen molar-refractivity contribution in [1.82, 2.24) is 25.0 Å². The monoisotopic (exact) mass is 390 g/mol. The summed E-state index contributed by atoms with van der Waals surface area (Å²) in [5.74, 6) is -0.0694. The van der Waals surface area contributed by atoms with Crippen LogP contribution in [-0.4, -0.2) is 25.0 Å². The first-order valence-corrected chi connectivity index (χ1v) is 9.06. The molecule has 2 aromatic heterocycles. The Morgan fingerprint density at radius 1 is 1.07 bits per heavy atom. The SMILES string of the molecule is CCCCc1cn(Cc2cc(C(F)(F)F)nc(NCc3ccccc3)n2)nn1. The maximum Gasteiger partial charge on any atom is 0.433 e. The quantitative estimate of drug-likeness (QED) is 0.627. The molecule has 3 aromatic rings. The molecule has 0 fully saturated rings. The van der Waals surface area contributed by atoms with Gasteiger partial charge in [0.05, 0.1) is 17.9 Å². The summed E-state index contributed by atoms with van der Waals surface area (Å²) in [6, 6.07) is 10.3. The summed E-state index contributed by atoms with van der Waals surface area (Å²) in [4.78, 5) is 7.83. The first-order valence-electron chi connectivity index (χ1n) is 9.06. The van der Waals surface area contributed by atoms with E-state index in [1.165, 1.54) is 4.68 Å². The van der Waals surface area contributed by atoms with Crippen molar-refractivity contribution >= 4 is 5.95 Å². The average molecular weight is 390 g/mol. The number of nitrogens with zero attached hydrogens (tertiary/aromatic N) is 5. The van der Waals surface area contributed by atoms with Crippen LogP contribution in [0, 0.1) is 0 Å². The smallest absolute Gasteiger partial charge is 0.350 e. The van der Waals surface area contributed by atoms with Crippen molar-refractivity contribution < 1.29 is 13.2 Å². The molecule has 9 heteroatoms. The van der Waals surface area contributed by atoms with Crippen molar-refractivity contribution in [3.63, 3.8) is 0 Å². The Kier molecular flexibility index (Phi) is 6.23. The van der Waals surface area contributed by atoms with E-state index in [0.717, 1.165) is 36.6 Å². The molecular weight excluding hydrogens is 369 g/mol. The zero-order chi connectivity index (χ0) is 20.0. The summed E-state index contributed by atoms with van der Waals surface area (Å²) in [5.41, 5.74) is 0.959. The van der Waals surface area contributed by atoms with E-state index in [1.54, 1.807) is 6.20 Å². The normalized spacial score (nSPS) is 11.6. The molecule has 0 aliphatic heterocycles. The lowest BCUT2D eigenvalue weighted by Crippen LogP contribution is -2.15. The number of aryl methyl sites for hydroxylation is 1. The molecule has 0 bridgehead atoms. The summed E-state index contributed by atoms with van der Waals surface area (Å²) in [6.45, 7) is 2.49. The van der Waals surface area contributed by atoms with Crippen LogP contribution in [0.15, 0.2) is 42.6 Å². The van der Waals surface area contributed by atoms with Crippen molar-refractivity contribution in [3.8, 4) is 0 Å². The molecule has 0 spiro atoms. The minimum absolute atomic E-state index is 0.0694. The lowest BCUT2D eigenvalue weighted by molar-refractivity contribution is -0.141. The average Bonchev–Trinajstić information content (AvgIpc) is 3.12. The topological polar surface area (TPSA) is 68.5 Å². The van der Waals surface area contributed by atoms with Gasteiger partial charge < -0.3 is 5.32 Å². The standard InChI is InChI=1S/C19H21F3N6/c1-2-3-9-15-12-28(27-26-15)13-16-10-17(19(20,21)22)25-18(24-16)23-11-14-7-5-4-6-8-14/h4-8,10,12H,2-3,9,11,13H2,1H3,(H,23,24,25). The van der Waals surface area contributed by atoms with Crippen molar-refractivity contribution in [2.24, 2.45) is 0 Å². The first kappa shape index (κ1) is 19.8. The van der Waals surface area contributed by atoms with Crippen LogP contribution in [0.5, 0.6) is 0 Å². The highest BCUT2D eigenvalue weighted by Crippen LogP contribution is 2.28. The lowest BCUT2D eigenvalue weighted by atomic mass is 10.2. The predicted molar refractivity (Wildman–Crippen MR) is 98.5 cm³/mol. The van der Waals surface area contributed by atoms with Gasteiger partial charge in [0.15, 0.2) is 0 Å². The summed E-state index contributed by atoms with van der Waals surface area (Å²) in [6.07, 6.45) is -0.0162. The van der Waals surface area contributed by atoms with Gasteiger partial charge in [-0.2, -0.15) is 13.2 Å². The van der Waals surface area contributed by atoms with E-state index in [4.69, 9.17) is 0 Å². The van der Waals surface area contributed by atoms with Crippen LogP contribution in [0.25, 0.3) is 0 Å². The van der Waals surface area contributed by atoms with Gasteiger partial charge in [0.25, 0.3) is 0 Å². The molecule has 0 aliphatic rings. The summed E-state index contributed by atoms with van der Waals surface area (Å²) in [7, 11) is 0. The Bertz CT molecular complexity index is 892. The van der Waals surface area contributed by atoms with Crippen LogP contribution >= 0.6 is 0 Å². The molecule has 0 aliphatic carbocycles. The van der Waals surface area contributed by atoms with Crippen molar-refractivity contribution in [3.05, 3.63) is 65.2 Å². The van der Waals surface area contributed by atoms with E-state index >= 15 is 0 Å². The van der Waals surface area contributed by atoms with Crippen molar-refractivity contribution in [2.75, 3.05) is 5.32 Å². The molecule has 1 N–H and O–H groups in total. The van der Waals surface area contributed by atoms with Gasteiger partial charge in [-0.25, -0.2) is 14.6 Å². The van der Waals surface area contributed by atoms with Crippen molar-refractivity contribution in [2.45, 2.75) is 45.5 Å². The highest BCUT2D eigenvalue weighted by molar-refractivity contribution is 5.31. The number of nitrogens with one attached hydrogen (secondary N) is 1. The number of halogens is 3. The zero-order valence-electron chi connectivity index (χ0n) is 15.4. The number of benzene rings is 1. The molecular formula is C19H21F3N6. The fraction of sp³-hybridized carbons (Fsp3) is 0.368. The van der Waals surface area contributed by atoms with Gasteiger partial charge >= 0.3 is 6.18 Å². The Morgan fingerprint density at radius 2 is 1.86 bits per heavy atom. The zero-order valence-corrected chi connectivity index (χ0v) is 15.4. The van der Waals surface area contributed by atoms with Gasteiger partial charge in [0, 0.05) is 12.7 Å². The molecule has 6 nitrogen and oxygen atoms in total. The molecule has 148 valence electrons. The third-order valence-electron chi connectivity index (χ3n) is 4.06. The van der Waals surface area contributed by atoms with E-state index in [2.05, 4.69) is 32.5 Å². The summed E-state index contributed by atoms with van der Waals surface area (Å²) >= 11 is 0. The number of rotatable bonds is 8. The molecule has 0 unspecified atom stereocenters. The van der Waals surface area contributed by atoms with E-state index in [9.17, 15) is 13.2 Å². The Hall–Kier alpha value is -2.97. The van der Waals surface area contributed by atoms with Crippen LogP contribution in [-0.2, 0) is 25.7 Å². The number of unbranched alkanes of at least 4 members (excludes halogenated alkanes) is 1. The highest BCUT2D eigenvalue weighted by atomic mass is 19.4. The Balaban J connectivity index is 1.78. The Labute approximate surface area is 160 Å². The van der Waals surface area contributed by atoms with Crippen LogP contribution in [0.2, 0.25) is 0 Å². The maximum absolute atomic E-state index is 13.2. The van der Waals surface area contributed by atoms with Crippen LogP contribution < -0.4 is 5.32 Å². The van der Waals surface area contributed by atoms with E-state index in [0.29, 0.717) is 6.54 Å². The lowest BCUT2D eigenvalue weighted by Gasteiger charge is -2.12. The molecule has 0 saturated heterocycles. The molecule has 0 amide bonds. The molecule has 0 atom stereocenters. The molecule has 28 heavy (non-hydrogen) atoms. The Morgan fingerprint density at radius 3 is 2.57 bits per heavy atom. The number of hydrogen-bond acceptors (Lipinski definition) is 5. The molecule has 0 radical (unpaired) electrons. The second-order valence-corrected chi connectivity index (χ2v) is 6.42. The fourth-order valence-electron chi connectivity index (χ4n) is 2.63. The summed E-state index contributed by atoms with van der Waals surface area (Å²) in [5, 5.41) is 10.9. The van der Waals surface area contributed by atoms with Gasteiger partial charge in [0.1, 0.15) is 5.69 Å². The number of hydrogen-bond donors (Lipinski definition) is 1. The maximum atomic E-state index is 13.2. The van der Waals surface area contributed by atoms with Crippen molar-refractivity contribution in [1.29, 1.82) is 0 Å². The largest absolute Gasteiger partial charge is 0.433 e. The van der Waals surface area contributed by atoms with Crippen LogP contribution in [0.1, 0.15) is 42.4 Å². The van der Waals surface area contributed by atoms with Gasteiger partial charge in [-0.3, -0.25) is 0 Å². The molecule has 3 rings (SSSR count). The second-order valence-electron chi connectivity index (χ2n) is 6.42. The third kappa shape index (κ3) is 5.51. The fourth-order valence-corrected chi connectivity index (χ4v) is 2.63. The van der Waals surface area contributed by atoms with E-state index < -0.39 is 11.9 Å². The summed E-state index contributed by atoms with van der Waals surface area (Å²) < 4.78 is 41.2. The van der Waals surface area contributed by atoms with Gasteiger partial charge in [0.2, 0.25) is 5.95 Å². The molecule has 1 aromatic carbocycles. The minimum Gasteiger partial charge on any atom is -0.350 e. The number of aromatic nitrogens is 5. The number of alkyl halides is 3. The highest BCUT2D eigenvalue weighted by Gasteiger charge is 2.33. The van der Waals surface area contributed by atoms with Gasteiger partial charge in [-0.05, 0) is 24.5 Å².